The lowest BCUT2D eigenvalue weighted by molar-refractivity contribution is 0.0736. The van der Waals surface area contributed by atoms with Crippen molar-refractivity contribution in [2.45, 2.75) is 32.4 Å². The maximum atomic E-state index is 12.6. The summed E-state index contributed by atoms with van der Waals surface area (Å²) >= 11 is 1.43. The maximum Gasteiger partial charge on any atom is 0.266 e. The Kier molecular flexibility index (Phi) is 3.49. The molecule has 1 aromatic heterocycles. The summed E-state index contributed by atoms with van der Waals surface area (Å²) in [6.45, 7) is 2.74. The molecule has 1 aromatic carbocycles. The van der Waals surface area contributed by atoms with E-state index in [9.17, 15) is 4.79 Å². The molecule has 0 spiro atoms. The molecule has 3 nitrogen and oxygen atoms in total. The molecule has 0 atom stereocenters. The van der Waals surface area contributed by atoms with Gasteiger partial charge in [0, 0.05) is 12.6 Å². The highest BCUT2D eigenvalue weighted by molar-refractivity contribution is 7.12. The number of anilines is 1. The van der Waals surface area contributed by atoms with Gasteiger partial charge < -0.3 is 10.6 Å². The van der Waals surface area contributed by atoms with E-state index < -0.39 is 0 Å². The van der Waals surface area contributed by atoms with Gasteiger partial charge in [-0.05, 0) is 36.8 Å². The molecule has 1 aliphatic rings. The number of aryl methyl sites for hydroxylation is 1. The number of amides is 1. The van der Waals surface area contributed by atoms with Gasteiger partial charge >= 0.3 is 0 Å². The number of hydrogen-bond acceptors (Lipinski definition) is 3. The third-order valence-corrected chi connectivity index (χ3v) is 4.53. The minimum Gasteiger partial charge on any atom is -0.397 e. The second-order valence-corrected chi connectivity index (χ2v) is 6.27. The largest absolute Gasteiger partial charge is 0.397 e. The molecule has 2 N–H and O–H groups in total. The van der Waals surface area contributed by atoms with Crippen LogP contribution in [-0.2, 0) is 6.54 Å². The number of thiophene rings is 1. The average Bonchev–Trinajstić information content (AvgIpc) is 3.19. The molecule has 1 fully saturated rings. The van der Waals surface area contributed by atoms with Crippen molar-refractivity contribution >= 4 is 22.9 Å². The lowest BCUT2D eigenvalue weighted by Gasteiger charge is -2.22. The van der Waals surface area contributed by atoms with Crippen LogP contribution >= 0.6 is 11.3 Å². The first kappa shape index (κ1) is 13.2. The van der Waals surface area contributed by atoms with E-state index in [4.69, 9.17) is 5.73 Å². The van der Waals surface area contributed by atoms with Crippen molar-refractivity contribution in [3.63, 3.8) is 0 Å². The van der Waals surface area contributed by atoms with Crippen molar-refractivity contribution in [1.82, 2.24) is 4.90 Å². The van der Waals surface area contributed by atoms with E-state index in [1.165, 1.54) is 22.5 Å². The second kappa shape index (κ2) is 5.29. The molecule has 1 heterocycles. The number of carbonyl (C=O) groups excluding carboxylic acids is 1. The van der Waals surface area contributed by atoms with Crippen LogP contribution < -0.4 is 5.73 Å². The van der Waals surface area contributed by atoms with E-state index in [0.717, 1.165) is 12.8 Å². The molecule has 0 bridgehead atoms. The van der Waals surface area contributed by atoms with Gasteiger partial charge in [0.2, 0.25) is 0 Å². The molecule has 2 aromatic rings. The van der Waals surface area contributed by atoms with Crippen molar-refractivity contribution in [2.24, 2.45) is 0 Å². The highest BCUT2D eigenvalue weighted by Crippen LogP contribution is 2.32. The molecule has 4 heteroatoms. The van der Waals surface area contributed by atoms with Crippen LogP contribution in [0.2, 0.25) is 0 Å². The number of benzene rings is 1. The van der Waals surface area contributed by atoms with E-state index in [1.54, 1.807) is 6.07 Å². The minimum absolute atomic E-state index is 0.0700. The monoisotopic (exact) mass is 286 g/mol. The predicted octanol–water partition coefficient (Wildman–Crippen LogP) is 3.44. The number of nitrogens with zero attached hydrogens (tertiary/aromatic N) is 1. The zero-order valence-corrected chi connectivity index (χ0v) is 12.3. The van der Waals surface area contributed by atoms with Gasteiger partial charge in [-0.1, -0.05) is 29.8 Å². The Bertz CT molecular complexity index is 614. The van der Waals surface area contributed by atoms with Crippen molar-refractivity contribution in [2.75, 3.05) is 5.73 Å². The summed E-state index contributed by atoms with van der Waals surface area (Å²) < 4.78 is 0. The fourth-order valence-corrected chi connectivity index (χ4v) is 3.04. The molecule has 1 saturated carbocycles. The molecular weight excluding hydrogens is 268 g/mol. The van der Waals surface area contributed by atoms with Crippen molar-refractivity contribution in [3.05, 3.63) is 51.7 Å². The van der Waals surface area contributed by atoms with Crippen molar-refractivity contribution in [1.29, 1.82) is 0 Å². The van der Waals surface area contributed by atoms with Crippen LogP contribution in [0.5, 0.6) is 0 Å². The van der Waals surface area contributed by atoms with Gasteiger partial charge in [-0.2, -0.15) is 0 Å². The van der Waals surface area contributed by atoms with Gasteiger partial charge in [-0.15, -0.1) is 11.3 Å². The Morgan fingerprint density at radius 2 is 2.00 bits per heavy atom. The van der Waals surface area contributed by atoms with Crippen molar-refractivity contribution in [3.8, 4) is 0 Å². The highest BCUT2D eigenvalue weighted by atomic mass is 32.1. The van der Waals surface area contributed by atoms with Gasteiger partial charge in [0.15, 0.2) is 0 Å². The summed E-state index contributed by atoms with van der Waals surface area (Å²) in [7, 11) is 0. The number of hydrogen-bond donors (Lipinski definition) is 1. The summed E-state index contributed by atoms with van der Waals surface area (Å²) in [6.07, 6.45) is 2.20. The van der Waals surface area contributed by atoms with Crippen LogP contribution in [0.4, 0.5) is 5.69 Å². The Hall–Kier alpha value is -1.81. The topological polar surface area (TPSA) is 46.3 Å². The average molecular weight is 286 g/mol. The van der Waals surface area contributed by atoms with Gasteiger partial charge in [0.25, 0.3) is 5.91 Å². The van der Waals surface area contributed by atoms with Crippen LogP contribution in [0.25, 0.3) is 0 Å². The number of carbonyl (C=O) groups is 1. The third kappa shape index (κ3) is 2.70. The molecule has 0 aliphatic heterocycles. The first-order chi connectivity index (χ1) is 9.65. The fraction of sp³-hybridized carbons (Fsp3) is 0.312. The van der Waals surface area contributed by atoms with Crippen molar-refractivity contribution < 1.29 is 4.79 Å². The Morgan fingerprint density at radius 1 is 1.30 bits per heavy atom. The van der Waals surface area contributed by atoms with Gasteiger partial charge in [-0.25, -0.2) is 0 Å². The molecule has 1 amide bonds. The van der Waals surface area contributed by atoms with E-state index in [2.05, 4.69) is 31.2 Å². The first-order valence-electron chi connectivity index (χ1n) is 6.84. The Morgan fingerprint density at radius 3 is 2.55 bits per heavy atom. The molecule has 20 heavy (non-hydrogen) atoms. The van der Waals surface area contributed by atoms with Crippen LogP contribution in [0.1, 0.15) is 33.6 Å². The standard InChI is InChI=1S/C16H18N2OS/c1-11-2-4-12(5-3-11)10-18(13-6-7-13)16(19)15-14(17)8-9-20-15/h2-5,8-9,13H,6-7,10,17H2,1H3. The van der Waals surface area contributed by atoms with Crippen LogP contribution in [-0.4, -0.2) is 16.8 Å². The number of nitrogen functional groups attached to an aromatic ring is 1. The highest BCUT2D eigenvalue weighted by Gasteiger charge is 2.34. The van der Waals surface area contributed by atoms with Gasteiger partial charge in [0.05, 0.1) is 5.69 Å². The Balaban J connectivity index is 1.81. The van der Waals surface area contributed by atoms with Gasteiger partial charge in [-0.3, -0.25) is 4.79 Å². The summed E-state index contributed by atoms with van der Waals surface area (Å²) in [4.78, 5) is 15.3. The predicted molar refractivity (Wildman–Crippen MR) is 82.8 cm³/mol. The maximum absolute atomic E-state index is 12.6. The molecule has 104 valence electrons. The summed E-state index contributed by atoms with van der Waals surface area (Å²) in [5, 5.41) is 1.87. The molecular formula is C16H18N2OS. The smallest absolute Gasteiger partial charge is 0.266 e. The lowest BCUT2D eigenvalue weighted by atomic mass is 10.1. The number of rotatable bonds is 4. The quantitative estimate of drug-likeness (QED) is 0.935. The van der Waals surface area contributed by atoms with Crippen LogP contribution in [0, 0.1) is 6.92 Å². The molecule has 0 radical (unpaired) electrons. The lowest BCUT2D eigenvalue weighted by Crippen LogP contribution is -2.32. The zero-order chi connectivity index (χ0) is 14.1. The third-order valence-electron chi connectivity index (χ3n) is 3.61. The number of nitrogens with two attached hydrogens (primary N) is 1. The molecule has 0 saturated heterocycles. The van der Waals surface area contributed by atoms with Gasteiger partial charge in [0.1, 0.15) is 4.88 Å². The fourth-order valence-electron chi connectivity index (χ4n) is 2.27. The van der Waals surface area contributed by atoms with E-state index in [1.807, 2.05) is 10.3 Å². The Labute approximate surface area is 123 Å². The van der Waals surface area contributed by atoms with E-state index >= 15 is 0 Å². The second-order valence-electron chi connectivity index (χ2n) is 5.35. The SMILES string of the molecule is Cc1ccc(CN(C(=O)c2sccc2N)C2CC2)cc1. The summed E-state index contributed by atoms with van der Waals surface area (Å²) in [5.41, 5.74) is 8.88. The summed E-state index contributed by atoms with van der Waals surface area (Å²) in [6, 6.07) is 10.5. The van der Waals surface area contributed by atoms with E-state index in [0.29, 0.717) is 23.2 Å². The van der Waals surface area contributed by atoms with Crippen LogP contribution in [0.3, 0.4) is 0 Å². The van der Waals surface area contributed by atoms with Crippen LogP contribution in [0.15, 0.2) is 35.7 Å². The molecule has 3 rings (SSSR count). The zero-order valence-electron chi connectivity index (χ0n) is 11.5. The molecule has 1 aliphatic carbocycles. The normalized spacial score (nSPS) is 14.2. The summed E-state index contributed by atoms with van der Waals surface area (Å²) in [5.74, 6) is 0.0700. The first-order valence-corrected chi connectivity index (χ1v) is 7.72. The van der Waals surface area contributed by atoms with E-state index in [-0.39, 0.29) is 5.91 Å². The minimum atomic E-state index is 0.0700. The molecule has 0 unspecified atom stereocenters.